The molecule has 2 N–H and O–H groups in total. The highest BCUT2D eigenvalue weighted by Crippen LogP contribution is 2.19. The molecule has 0 aliphatic heterocycles. The summed E-state index contributed by atoms with van der Waals surface area (Å²) in [6.45, 7) is 0. The van der Waals surface area contributed by atoms with E-state index in [1.54, 1.807) is 24.3 Å². The van der Waals surface area contributed by atoms with Crippen molar-refractivity contribution in [2.45, 2.75) is 0 Å². The van der Waals surface area contributed by atoms with Crippen LogP contribution in [0.2, 0.25) is 5.02 Å². The second-order valence-corrected chi connectivity index (χ2v) is 5.32. The third-order valence-corrected chi connectivity index (χ3v) is 3.39. The van der Waals surface area contributed by atoms with E-state index in [2.05, 4.69) is 15.6 Å². The number of pyridine rings is 1. The summed E-state index contributed by atoms with van der Waals surface area (Å²) in [4.78, 5) is 16.4. The molecule has 5 heteroatoms. The van der Waals surface area contributed by atoms with Gasteiger partial charge in [-0.25, -0.2) is 4.98 Å². The Hall–Kier alpha value is -2.85. The number of hydrogen-bond acceptors (Lipinski definition) is 3. The van der Waals surface area contributed by atoms with Gasteiger partial charge in [-0.3, -0.25) is 4.79 Å². The maximum atomic E-state index is 12.1. The average molecular weight is 324 g/mol. The molecule has 1 aromatic heterocycles. The molecule has 0 atom stereocenters. The molecule has 0 unspecified atom stereocenters. The summed E-state index contributed by atoms with van der Waals surface area (Å²) in [7, 11) is 0. The first-order valence-electron chi connectivity index (χ1n) is 7.06. The number of amides is 1. The minimum Gasteiger partial charge on any atom is -0.340 e. The minimum absolute atomic E-state index is 0.196. The van der Waals surface area contributed by atoms with Crippen molar-refractivity contribution in [2.75, 3.05) is 10.6 Å². The number of nitrogens with one attached hydrogen (secondary N) is 2. The molecule has 0 spiro atoms. The Balaban J connectivity index is 1.68. The van der Waals surface area contributed by atoms with Crippen LogP contribution in [0, 0.1) is 0 Å². The molecule has 1 heterocycles. The zero-order valence-electron chi connectivity index (χ0n) is 12.2. The van der Waals surface area contributed by atoms with Gasteiger partial charge in [-0.05, 0) is 42.5 Å². The molecule has 3 aromatic rings. The van der Waals surface area contributed by atoms with Crippen LogP contribution in [0.1, 0.15) is 10.4 Å². The molecule has 0 aliphatic rings. The first-order valence-corrected chi connectivity index (χ1v) is 7.43. The number of benzene rings is 2. The van der Waals surface area contributed by atoms with Gasteiger partial charge in [0.15, 0.2) is 0 Å². The number of nitrogens with zero attached hydrogens (tertiary/aromatic N) is 1. The van der Waals surface area contributed by atoms with Crippen LogP contribution >= 0.6 is 11.6 Å². The maximum Gasteiger partial charge on any atom is 0.257 e. The van der Waals surface area contributed by atoms with Crippen molar-refractivity contribution in [3.8, 4) is 0 Å². The van der Waals surface area contributed by atoms with Crippen molar-refractivity contribution in [2.24, 2.45) is 0 Å². The van der Waals surface area contributed by atoms with E-state index in [1.165, 1.54) is 6.20 Å². The molecule has 114 valence electrons. The van der Waals surface area contributed by atoms with Crippen LogP contribution in [-0.2, 0) is 0 Å². The fourth-order valence-electron chi connectivity index (χ4n) is 2.04. The predicted molar refractivity (Wildman–Crippen MR) is 93.4 cm³/mol. The Morgan fingerprint density at radius 1 is 0.913 bits per heavy atom. The van der Waals surface area contributed by atoms with Crippen molar-refractivity contribution in [1.29, 1.82) is 0 Å². The molecule has 3 rings (SSSR count). The number of halogens is 1. The lowest BCUT2D eigenvalue weighted by atomic mass is 10.2. The number of hydrogen-bond donors (Lipinski definition) is 2. The van der Waals surface area contributed by atoms with E-state index in [0.717, 1.165) is 11.4 Å². The lowest BCUT2D eigenvalue weighted by Gasteiger charge is -2.07. The van der Waals surface area contributed by atoms with Crippen molar-refractivity contribution in [3.05, 3.63) is 83.5 Å². The molecule has 4 nitrogen and oxygen atoms in total. The summed E-state index contributed by atoms with van der Waals surface area (Å²) in [6, 6.07) is 20.1. The van der Waals surface area contributed by atoms with Crippen LogP contribution in [0.5, 0.6) is 0 Å². The number of rotatable bonds is 4. The lowest BCUT2D eigenvalue weighted by molar-refractivity contribution is 0.102. The predicted octanol–water partition coefficient (Wildman–Crippen LogP) is 4.73. The molecular formula is C18H14ClN3O. The van der Waals surface area contributed by atoms with E-state index in [0.29, 0.717) is 16.4 Å². The van der Waals surface area contributed by atoms with Crippen LogP contribution < -0.4 is 10.6 Å². The maximum absolute atomic E-state index is 12.1. The summed E-state index contributed by atoms with van der Waals surface area (Å²) in [5.41, 5.74) is 2.08. The second kappa shape index (κ2) is 6.94. The molecule has 0 saturated carbocycles. The fourth-order valence-corrected chi connectivity index (χ4v) is 2.23. The molecule has 23 heavy (non-hydrogen) atoms. The highest BCUT2D eigenvalue weighted by molar-refractivity contribution is 6.30. The quantitative estimate of drug-likeness (QED) is 0.729. The summed E-state index contributed by atoms with van der Waals surface area (Å²) >= 11 is 5.94. The number of carbonyl (C=O) groups excluding carboxylic acids is 1. The van der Waals surface area contributed by atoms with Crippen LogP contribution in [0.15, 0.2) is 72.9 Å². The fraction of sp³-hybridized carbons (Fsp3) is 0. The molecular weight excluding hydrogens is 310 g/mol. The second-order valence-electron chi connectivity index (χ2n) is 4.89. The number of para-hydroxylation sites is 1. The molecule has 0 aliphatic carbocycles. The third kappa shape index (κ3) is 4.08. The van der Waals surface area contributed by atoms with Crippen molar-refractivity contribution < 1.29 is 4.79 Å². The Morgan fingerprint density at radius 2 is 1.70 bits per heavy atom. The third-order valence-electron chi connectivity index (χ3n) is 3.15. The Bertz CT molecular complexity index is 804. The Kier molecular flexibility index (Phi) is 4.54. The van der Waals surface area contributed by atoms with E-state index >= 15 is 0 Å². The molecule has 0 fully saturated rings. The van der Waals surface area contributed by atoms with E-state index in [-0.39, 0.29) is 5.91 Å². The molecule has 2 aromatic carbocycles. The van der Waals surface area contributed by atoms with Gasteiger partial charge in [0, 0.05) is 22.6 Å². The van der Waals surface area contributed by atoms with Gasteiger partial charge < -0.3 is 10.6 Å². The van der Waals surface area contributed by atoms with Gasteiger partial charge in [0.1, 0.15) is 5.82 Å². The lowest BCUT2D eigenvalue weighted by Crippen LogP contribution is -2.12. The van der Waals surface area contributed by atoms with Crippen molar-refractivity contribution >= 4 is 34.7 Å². The average Bonchev–Trinajstić information content (AvgIpc) is 2.56. The zero-order valence-corrected chi connectivity index (χ0v) is 12.9. The monoisotopic (exact) mass is 323 g/mol. The normalized spacial score (nSPS) is 10.1. The Labute approximate surface area is 139 Å². The Morgan fingerprint density at radius 3 is 2.39 bits per heavy atom. The van der Waals surface area contributed by atoms with Crippen molar-refractivity contribution in [1.82, 2.24) is 4.98 Å². The largest absolute Gasteiger partial charge is 0.340 e. The van der Waals surface area contributed by atoms with Crippen molar-refractivity contribution in [3.63, 3.8) is 0 Å². The molecule has 0 radical (unpaired) electrons. The minimum atomic E-state index is -0.196. The van der Waals surface area contributed by atoms with E-state index in [1.807, 2.05) is 42.5 Å². The number of anilines is 3. The topological polar surface area (TPSA) is 54.0 Å². The van der Waals surface area contributed by atoms with Gasteiger partial charge in [-0.2, -0.15) is 0 Å². The highest BCUT2D eigenvalue weighted by Gasteiger charge is 2.06. The molecule has 0 saturated heterocycles. The standard InChI is InChI=1S/C18H14ClN3O/c19-14-5-4-8-16(11-14)21-17-10-9-13(12-20-17)18(23)22-15-6-2-1-3-7-15/h1-12H,(H,20,21)(H,22,23). The SMILES string of the molecule is O=C(Nc1ccccc1)c1ccc(Nc2cccc(Cl)c2)nc1. The van der Waals surface area contributed by atoms with E-state index < -0.39 is 0 Å². The van der Waals surface area contributed by atoms with Gasteiger partial charge in [-0.15, -0.1) is 0 Å². The molecule has 0 bridgehead atoms. The molecule has 1 amide bonds. The highest BCUT2D eigenvalue weighted by atomic mass is 35.5. The smallest absolute Gasteiger partial charge is 0.257 e. The zero-order chi connectivity index (χ0) is 16.1. The van der Waals surface area contributed by atoms with Crippen LogP contribution in [0.25, 0.3) is 0 Å². The number of aromatic nitrogens is 1. The van der Waals surface area contributed by atoms with Gasteiger partial charge in [-0.1, -0.05) is 35.9 Å². The van der Waals surface area contributed by atoms with Gasteiger partial charge in [0.2, 0.25) is 0 Å². The van der Waals surface area contributed by atoms with Crippen LogP contribution in [0.4, 0.5) is 17.2 Å². The summed E-state index contributed by atoms with van der Waals surface area (Å²) in [5, 5.41) is 6.60. The first-order chi connectivity index (χ1) is 11.2. The van der Waals surface area contributed by atoms with Gasteiger partial charge in [0.05, 0.1) is 5.56 Å². The van der Waals surface area contributed by atoms with Crippen LogP contribution in [0.3, 0.4) is 0 Å². The van der Waals surface area contributed by atoms with E-state index in [4.69, 9.17) is 11.6 Å². The summed E-state index contributed by atoms with van der Waals surface area (Å²) < 4.78 is 0. The van der Waals surface area contributed by atoms with Crippen LogP contribution in [-0.4, -0.2) is 10.9 Å². The number of carbonyl (C=O) groups is 1. The van der Waals surface area contributed by atoms with Gasteiger partial charge in [0.25, 0.3) is 5.91 Å². The van der Waals surface area contributed by atoms with Gasteiger partial charge >= 0.3 is 0 Å². The first kappa shape index (κ1) is 15.1. The summed E-state index contributed by atoms with van der Waals surface area (Å²) in [6.07, 6.45) is 1.53. The van der Waals surface area contributed by atoms with E-state index in [9.17, 15) is 4.79 Å². The summed E-state index contributed by atoms with van der Waals surface area (Å²) in [5.74, 6) is 0.446.